The summed E-state index contributed by atoms with van der Waals surface area (Å²) in [5.74, 6) is -0.804. The molecule has 7 heteroatoms. The van der Waals surface area contributed by atoms with Gasteiger partial charge in [0, 0.05) is 6.07 Å². The number of anilines is 1. The van der Waals surface area contributed by atoms with E-state index in [-0.39, 0.29) is 11.6 Å². The maximum atomic E-state index is 10.9. The van der Waals surface area contributed by atoms with Gasteiger partial charge >= 0.3 is 5.97 Å². The molecule has 7 nitrogen and oxygen atoms in total. The smallest absolute Gasteiger partial charge is 0.326 e. The molecule has 1 unspecified atom stereocenters. The number of nitrogens with one attached hydrogen (secondary N) is 1. The predicted octanol–water partition coefficient (Wildman–Crippen LogP) is 1.51. The number of carboxylic acids is 1. The zero-order valence-electron chi connectivity index (χ0n) is 9.45. The molecule has 1 rings (SSSR count). The van der Waals surface area contributed by atoms with E-state index in [9.17, 15) is 14.9 Å². The number of nitro groups is 1. The Morgan fingerprint density at radius 3 is 2.53 bits per heavy atom. The second kappa shape index (κ2) is 5.24. The van der Waals surface area contributed by atoms with Gasteiger partial charge in [-0.05, 0) is 12.0 Å². The summed E-state index contributed by atoms with van der Waals surface area (Å²) in [6.45, 7) is 3.52. The number of hydrogen-bond acceptors (Lipinski definition) is 5. The highest BCUT2D eigenvalue weighted by Crippen LogP contribution is 2.14. The molecule has 0 aliphatic heterocycles. The van der Waals surface area contributed by atoms with Crippen LogP contribution in [0.1, 0.15) is 13.8 Å². The summed E-state index contributed by atoms with van der Waals surface area (Å²) in [5.41, 5.74) is -0.132. The molecule has 1 aromatic heterocycles. The van der Waals surface area contributed by atoms with E-state index in [1.807, 2.05) is 0 Å². The van der Waals surface area contributed by atoms with Crippen molar-refractivity contribution >= 4 is 17.5 Å². The predicted molar refractivity (Wildman–Crippen MR) is 60.8 cm³/mol. The molecule has 0 spiro atoms. The molecule has 0 fully saturated rings. The lowest BCUT2D eigenvalue weighted by molar-refractivity contribution is -0.385. The summed E-state index contributed by atoms with van der Waals surface area (Å²) >= 11 is 0. The van der Waals surface area contributed by atoms with Gasteiger partial charge in [-0.25, -0.2) is 9.78 Å². The van der Waals surface area contributed by atoms with Crippen LogP contribution in [0.4, 0.5) is 11.5 Å². The normalized spacial score (nSPS) is 12.2. The summed E-state index contributed by atoms with van der Waals surface area (Å²) < 4.78 is 0. The first-order chi connectivity index (χ1) is 7.91. The minimum absolute atomic E-state index is 0.121. The summed E-state index contributed by atoms with van der Waals surface area (Å²) in [7, 11) is 0. The van der Waals surface area contributed by atoms with Crippen LogP contribution in [-0.4, -0.2) is 27.0 Å². The molecular weight excluding hydrogens is 226 g/mol. The number of rotatable bonds is 5. The highest BCUT2D eigenvalue weighted by molar-refractivity contribution is 5.77. The van der Waals surface area contributed by atoms with E-state index in [0.29, 0.717) is 5.82 Å². The molecule has 0 saturated carbocycles. The quantitative estimate of drug-likeness (QED) is 0.596. The Balaban J connectivity index is 2.80. The Hall–Kier alpha value is -2.18. The molecule has 17 heavy (non-hydrogen) atoms. The zero-order valence-corrected chi connectivity index (χ0v) is 9.45. The van der Waals surface area contributed by atoms with E-state index in [1.54, 1.807) is 13.8 Å². The van der Waals surface area contributed by atoms with Crippen LogP contribution in [-0.2, 0) is 4.79 Å². The summed E-state index contributed by atoms with van der Waals surface area (Å²) in [4.78, 5) is 24.6. The lowest BCUT2D eigenvalue weighted by Crippen LogP contribution is -2.34. The third-order valence-corrected chi connectivity index (χ3v) is 2.19. The van der Waals surface area contributed by atoms with Gasteiger partial charge in [0.25, 0.3) is 5.69 Å². The number of aromatic nitrogens is 1. The van der Waals surface area contributed by atoms with Gasteiger partial charge in [-0.15, -0.1) is 0 Å². The largest absolute Gasteiger partial charge is 0.480 e. The van der Waals surface area contributed by atoms with Gasteiger partial charge in [-0.2, -0.15) is 0 Å². The van der Waals surface area contributed by atoms with Crippen molar-refractivity contribution < 1.29 is 14.8 Å². The molecule has 92 valence electrons. The fraction of sp³-hybridized carbons (Fsp3) is 0.400. The van der Waals surface area contributed by atoms with Crippen LogP contribution >= 0.6 is 0 Å². The van der Waals surface area contributed by atoms with E-state index in [0.717, 1.165) is 6.20 Å². The Labute approximate surface area is 97.6 Å². The Kier molecular flexibility index (Phi) is 3.97. The first-order valence-corrected chi connectivity index (χ1v) is 5.01. The minimum atomic E-state index is -0.986. The first-order valence-electron chi connectivity index (χ1n) is 5.01. The fourth-order valence-corrected chi connectivity index (χ4v) is 1.25. The molecule has 2 N–H and O–H groups in total. The van der Waals surface area contributed by atoms with E-state index < -0.39 is 16.9 Å². The van der Waals surface area contributed by atoms with Gasteiger partial charge in [-0.3, -0.25) is 10.1 Å². The number of pyridine rings is 1. The molecule has 0 radical (unpaired) electrons. The van der Waals surface area contributed by atoms with Gasteiger partial charge in [0.15, 0.2) is 0 Å². The molecular formula is C10H13N3O4. The molecule has 0 saturated heterocycles. The average molecular weight is 239 g/mol. The second-order valence-corrected chi connectivity index (χ2v) is 3.86. The van der Waals surface area contributed by atoms with Crippen molar-refractivity contribution in [1.82, 2.24) is 4.98 Å². The van der Waals surface area contributed by atoms with Gasteiger partial charge in [0.1, 0.15) is 18.1 Å². The molecule has 0 amide bonds. The van der Waals surface area contributed by atoms with Crippen LogP contribution < -0.4 is 5.32 Å². The summed E-state index contributed by atoms with van der Waals surface area (Å²) in [6.07, 6.45) is 1.08. The topological polar surface area (TPSA) is 105 Å². The molecule has 1 aromatic rings. The highest BCUT2D eigenvalue weighted by atomic mass is 16.6. The van der Waals surface area contributed by atoms with Gasteiger partial charge in [0.05, 0.1) is 4.92 Å². The van der Waals surface area contributed by atoms with Crippen LogP contribution in [0.5, 0.6) is 0 Å². The Morgan fingerprint density at radius 2 is 2.18 bits per heavy atom. The SMILES string of the molecule is CC(C)C(Nc1ccc([N+](=O)[O-])cn1)C(=O)O. The number of hydrogen-bond donors (Lipinski definition) is 2. The van der Waals surface area contributed by atoms with Crippen molar-refractivity contribution in [3.63, 3.8) is 0 Å². The molecule has 0 aliphatic rings. The van der Waals surface area contributed by atoms with Gasteiger partial charge in [0.2, 0.25) is 0 Å². The zero-order chi connectivity index (χ0) is 13.0. The van der Waals surface area contributed by atoms with Crippen LogP contribution in [0.2, 0.25) is 0 Å². The average Bonchev–Trinajstić information content (AvgIpc) is 2.25. The molecule has 1 heterocycles. The molecule has 1 atom stereocenters. The minimum Gasteiger partial charge on any atom is -0.480 e. The third-order valence-electron chi connectivity index (χ3n) is 2.19. The fourth-order valence-electron chi connectivity index (χ4n) is 1.25. The monoisotopic (exact) mass is 239 g/mol. The highest BCUT2D eigenvalue weighted by Gasteiger charge is 2.21. The van der Waals surface area contributed by atoms with Crippen LogP contribution in [0.3, 0.4) is 0 Å². The van der Waals surface area contributed by atoms with E-state index >= 15 is 0 Å². The maximum Gasteiger partial charge on any atom is 0.326 e. The number of carboxylic acid groups (broad SMARTS) is 1. The second-order valence-electron chi connectivity index (χ2n) is 3.86. The standard InChI is InChI=1S/C10H13N3O4/c1-6(2)9(10(14)15)12-8-4-3-7(5-11-8)13(16)17/h3-6,9H,1-2H3,(H,11,12)(H,14,15). The molecule has 0 aliphatic carbocycles. The van der Waals surface area contributed by atoms with Crippen molar-refractivity contribution in [2.45, 2.75) is 19.9 Å². The first kappa shape index (κ1) is 12.9. The van der Waals surface area contributed by atoms with Crippen molar-refractivity contribution in [2.75, 3.05) is 5.32 Å². The number of aliphatic carboxylic acids is 1. The maximum absolute atomic E-state index is 10.9. The third kappa shape index (κ3) is 3.40. The van der Waals surface area contributed by atoms with E-state index in [4.69, 9.17) is 5.11 Å². The van der Waals surface area contributed by atoms with Crippen molar-refractivity contribution in [3.05, 3.63) is 28.4 Å². The van der Waals surface area contributed by atoms with Crippen molar-refractivity contribution in [1.29, 1.82) is 0 Å². The Bertz CT molecular complexity index is 416. The van der Waals surface area contributed by atoms with Gasteiger partial charge in [-0.1, -0.05) is 13.8 Å². The number of carbonyl (C=O) groups is 1. The van der Waals surface area contributed by atoms with Crippen LogP contribution in [0.25, 0.3) is 0 Å². The van der Waals surface area contributed by atoms with Crippen molar-refractivity contribution in [2.24, 2.45) is 5.92 Å². The van der Waals surface area contributed by atoms with Crippen molar-refractivity contribution in [3.8, 4) is 0 Å². The Morgan fingerprint density at radius 1 is 1.53 bits per heavy atom. The summed E-state index contributed by atoms with van der Waals surface area (Å²) in [5, 5.41) is 22.1. The van der Waals surface area contributed by atoms with E-state index in [2.05, 4.69) is 10.3 Å². The summed E-state index contributed by atoms with van der Waals surface area (Å²) in [6, 6.07) is 1.88. The van der Waals surface area contributed by atoms with Crippen LogP contribution in [0, 0.1) is 16.0 Å². The lowest BCUT2D eigenvalue weighted by Gasteiger charge is -2.18. The molecule has 0 aromatic carbocycles. The number of nitrogens with zero attached hydrogens (tertiary/aromatic N) is 2. The molecule has 0 bridgehead atoms. The van der Waals surface area contributed by atoms with Crippen LogP contribution in [0.15, 0.2) is 18.3 Å². The van der Waals surface area contributed by atoms with E-state index in [1.165, 1.54) is 12.1 Å². The lowest BCUT2D eigenvalue weighted by atomic mass is 10.1. The van der Waals surface area contributed by atoms with Gasteiger partial charge < -0.3 is 10.4 Å².